The van der Waals surface area contributed by atoms with Crippen molar-refractivity contribution in [1.29, 1.82) is 0 Å². The van der Waals surface area contributed by atoms with E-state index in [1.807, 2.05) is 100 Å². The summed E-state index contributed by atoms with van der Waals surface area (Å²) in [5, 5.41) is 2.00. The summed E-state index contributed by atoms with van der Waals surface area (Å²) in [4.78, 5) is 9.22. The molecule has 9 rings (SSSR count). The number of rotatable bonds is 6. The monoisotopic (exact) mass is 931 g/mol. The zero-order valence-electron chi connectivity index (χ0n) is 39.4. The molecule has 6 nitrogen and oxygen atoms in total. The van der Waals surface area contributed by atoms with Crippen LogP contribution in [0.15, 0.2) is 134 Å². The molecule has 57 heavy (non-hydrogen) atoms. The first-order valence-corrected chi connectivity index (χ1v) is 18.5. The molecule has 0 amide bonds. The molecule has 8 aromatic rings. The molecule has 0 bridgehead atoms. The van der Waals surface area contributed by atoms with E-state index in [0.29, 0.717) is 28.4 Å². The summed E-state index contributed by atoms with van der Waals surface area (Å²) in [6.45, 7) is 9.86. The van der Waals surface area contributed by atoms with Gasteiger partial charge in [0.25, 0.3) is 11.4 Å². The van der Waals surface area contributed by atoms with Crippen LogP contribution in [0.5, 0.6) is 11.5 Å². The van der Waals surface area contributed by atoms with E-state index in [-0.39, 0.29) is 32.0 Å². The third-order valence-electron chi connectivity index (χ3n) is 10.0. The smallest absolute Gasteiger partial charge is 0.509 e. The molecule has 0 N–H and O–H groups in total. The number of fused-ring (bicyclic) bond motifs is 4. The van der Waals surface area contributed by atoms with Gasteiger partial charge in [-0.1, -0.05) is 118 Å². The second kappa shape index (κ2) is 14.5. The second-order valence-electron chi connectivity index (χ2n) is 15.9. The zero-order valence-corrected chi connectivity index (χ0v) is 34.6. The number of aromatic nitrogens is 3. The largest absolute Gasteiger partial charge is 2.00 e. The van der Waals surface area contributed by atoms with Crippen molar-refractivity contribution in [3.8, 4) is 28.4 Å². The first kappa shape index (κ1) is 30.2. The Morgan fingerprint density at radius 2 is 1.51 bits per heavy atom. The van der Waals surface area contributed by atoms with Crippen LogP contribution in [0.4, 0.5) is 22.7 Å². The van der Waals surface area contributed by atoms with Crippen LogP contribution in [-0.4, -0.2) is 20.5 Å². The van der Waals surface area contributed by atoms with Crippen molar-refractivity contribution in [2.45, 2.75) is 59.2 Å². The Balaban J connectivity index is 0.00000560. The summed E-state index contributed by atoms with van der Waals surface area (Å²) in [7, 11) is 0. The van der Waals surface area contributed by atoms with Crippen LogP contribution in [0.1, 0.15) is 67.8 Å². The first-order valence-electron chi connectivity index (χ1n) is 22.0. The third-order valence-corrected chi connectivity index (χ3v) is 10.0. The Hall–Kier alpha value is -5.93. The quantitative estimate of drug-likeness (QED) is 0.123. The zero-order chi connectivity index (χ0) is 44.7. The molecule has 5 aromatic carbocycles. The fourth-order valence-electron chi connectivity index (χ4n) is 7.26. The van der Waals surface area contributed by atoms with Crippen molar-refractivity contribution in [3.63, 3.8) is 0 Å². The predicted molar refractivity (Wildman–Crippen MR) is 229 cm³/mol. The van der Waals surface area contributed by atoms with Crippen molar-refractivity contribution in [1.82, 2.24) is 23.7 Å². The number of ether oxygens (including phenoxy) is 1. The summed E-state index contributed by atoms with van der Waals surface area (Å²) < 4.78 is 71.8. The van der Waals surface area contributed by atoms with Crippen molar-refractivity contribution < 1.29 is 35.4 Å². The summed E-state index contributed by atoms with van der Waals surface area (Å²) in [6, 6.07) is 37.4. The fraction of sp³-hybridized carbons (Fsp3) is 0.180. The number of pyridine rings is 2. The van der Waals surface area contributed by atoms with E-state index in [9.17, 15) is 0 Å². The number of para-hydroxylation sites is 3. The Morgan fingerprint density at radius 1 is 0.754 bits per heavy atom. The van der Waals surface area contributed by atoms with Gasteiger partial charge in [0.1, 0.15) is 11.5 Å². The molecule has 1 aliphatic rings. The number of benzene rings is 5. The molecule has 0 fully saturated rings. The second-order valence-corrected chi connectivity index (χ2v) is 15.9. The van der Waals surface area contributed by atoms with E-state index in [1.54, 1.807) is 12.3 Å². The molecule has 4 heterocycles. The molecule has 282 valence electrons. The number of nitrogens with zero attached hydrogens (tertiary/aromatic N) is 5. The van der Waals surface area contributed by atoms with Gasteiger partial charge >= 0.3 is 27.1 Å². The van der Waals surface area contributed by atoms with Gasteiger partial charge in [-0.3, -0.25) is 4.98 Å². The molecule has 7 heteroatoms. The van der Waals surface area contributed by atoms with Crippen molar-refractivity contribution in [2.75, 3.05) is 0 Å². The molecule has 1 aliphatic heterocycles. The predicted octanol–water partition coefficient (Wildman–Crippen LogP) is 12.4. The minimum absolute atomic E-state index is 0. The minimum Gasteiger partial charge on any atom is -0.509 e. The Morgan fingerprint density at radius 3 is 2.26 bits per heavy atom. The molecular weight excluding hydrogens is 882 g/mol. The summed E-state index contributed by atoms with van der Waals surface area (Å²) in [6.07, 6.45) is 5.45. The Labute approximate surface area is 358 Å². The normalized spacial score (nSPS) is 14.6. The summed E-state index contributed by atoms with van der Waals surface area (Å²) in [5.41, 5.74) is 5.66. The van der Waals surface area contributed by atoms with Crippen LogP contribution in [0.2, 0.25) is 0 Å². The van der Waals surface area contributed by atoms with Gasteiger partial charge in [-0.25, -0.2) is 4.98 Å². The molecule has 0 saturated carbocycles. The van der Waals surface area contributed by atoms with E-state index in [4.69, 9.17) is 19.3 Å². The van der Waals surface area contributed by atoms with Crippen LogP contribution >= 0.6 is 0 Å². The average molecular weight is 932 g/mol. The van der Waals surface area contributed by atoms with Gasteiger partial charge in [0.2, 0.25) is 5.69 Å². The van der Waals surface area contributed by atoms with E-state index in [2.05, 4.69) is 75.3 Å². The Kier molecular flexibility index (Phi) is 7.71. The van der Waals surface area contributed by atoms with Gasteiger partial charge in [0.05, 0.1) is 22.8 Å². The molecule has 0 aliphatic carbocycles. The minimum atomic E-state index is -2.84. The van der Waals surface area contributed by atoms with E-state index < -0.39 is 42.0 Å². The molecule has 0 atom stereocenters. The average Bonchev–Trinajstić information content (AvgIpc) is 3.78. The van der Waals surface area contributed by atoms with Gasteiger partial charge in [-0.2, -0.15) is 12.1 Å². The SMILES string of the molecule is [2H]c1c([2H])c(C([2H])([2H])[2H])c([2H])c([2H])c1-c1cccc(C(C)(C)C)c1[N+]1=C=[N+](c2[c-]c(Oc3[c-]c4c(cc3)c3ccncc3n4-c3cc(C(C)(C)C)ccn3)ccc2)c2ccccc21.[Pt+2]. The van der Waals surface area contributed by atoms with Crippen LogP contribution in [-0.2, 0) is 31.9 Å². The topological polar surface area (TPSA) is 46.0 Å². The molecule has 0 saturated heterocycles. The van der Waals surface area contributed by atoms with Gasteiger partial charge in [0.15, 0.2) is 0 Å². The maximum atomic E-state index is 9.06. The van der Waals surface area contributed by atoms with Crippen molar-refractivity contribution in [2.24, 2.45) is 0 Å². The van der Waals surface area contributed by atoms with Gasteiger partial charge < -0.3 is 9.30 Å². The summed E-state index contributed by atoms with van der Waals surface area (Å²) >= 11 is 0. The first-order chi connectivity index (χ1) is 29.8. The molecule has 0 unspecified atom stereocenters. The maximum absolute atomic E-state index is 9.06. The fourth-order valence-corrected chi connectivity index (χ4v) is 7.26. The van der Waals surface area contributed by atoms with E-state index in [0.717, 1.165) is 50.1 Å². The molecule has 0 spiro atoms. The third kappa shape index (κ3) is 6.94. The van der Waals surface area contributed by atoms with Crippen LogP contribution in [0, 0.1) is 19.0 Å². The molecular formula is C50H43N5OPt+2. The van der Waals surface area contributed by atoms with E-state index in [1.165, 1.54) is 0 Å². The number of hydrogen-bond acceptors (Lipinski definition) is 3. The van der Waals surface area contributed by atoms with E-state index >= 15 is 0 Å². The Bertz CT molecular complexity index is 3240. The molecule has 3 aromatic heterocycles. The number of hydrogen-bond donors (Lipinski definition) is 0. The summed E-state index contributed by atoms with van der Waals surface area (Å²) in [5.74, 6) is 1.67. The van der Waals surface area contributed by atoms with Gasteiger partial charge in [0, 0.05) is 45.7 Å². The van der Waals surface area contributed by atoms with Crippen molar-refractivity contribution in [3.05, 3.63) is 163 Å². The van der Waals surface area contributed by atoms with Crippen molar-refractivity contribution >= 4 is 50.6 Å². The van der Waals surface area contributed by atoms with Crippen LogP contribution in [0.25, 0.3) is 38.8 Å². The maximum Gasteiger partial charge on any atom is 2.00 e. The van der Waals surface area contributed by atoms with Gasteiger partial charge in [-0.05, 0) is 63.0 Å². The van der Waals surface area contributed by atoms with Gasteiger partial charge in [-0.15, -0.1) is 23.6 Å². The van der Waals surface area contributed by atoms with Crippen LogP contribution in [0.3, 0.4) is 0 Å². The van der Waals surface area contributed by atoms with Crippen LogP contribution < -0.4 is 13.9 Å². The standard InChI is InChI=1S/C50H43N5O.Pt/c1-33-18-20-34(21-19-33)39-14-11-15-42(50(5,6)7)48(39)54-32-53(43-16-8-9-17-44(43)54)36-12-10-13-37(29-36)56-38-22-23-40-41-25-26-51-31-46(41)55(45(40)30-38)47-28-35(24-27-52-47)49(2,3)4;/h8-28,31H,1-7H3;/q;+2/i1D3,18D,19D,20D,21D;. The molecule has 0 radical (unpaired) electrons.